The minimum absolute atomic E-state index is 0. The highest BCUT2D eigenvalue weighted by Gasteiger charge is 2.08. The molecule has 0 aliphatic carbocycles. The van der Waals surface area contributed by atoms with E-state index in [1.807, 2.05) is 37.3 Å². The predicted octanol–water partition coefficient (Wildman–Crippen LogP) is 4.55. The summed E-state index contributed by atoms with van der Waals surface area (Å²) in [5, 5.41) is 7.64. The molecule has 0 aliphatic rings. The van der Waals surface area contributed by atoms with Gasteiger partial charge in [0.15, 0.2) is 5.96 Å². The number of anilines is 1. The van der Waals surface area contributed by atoms with Crippen molar-refractivity contribution in [1.82, 2.24) is 10.1 Å². The summed E-state index contributed by atoms with van der Waals surface area (Å²) in [7, 11) is 0. The van der Waals surface area contributed by atoms with Gasteiger partial charge in [0.25, 0.3) is 0 Å². The van der Waals surface area contributed by atoms with Gasteiger partial charge >= 0.3 is 0 Å². The fourth-order valence-corrected chi connectivity index (χ4v) is 2.32. The highest BCUT2D eigenvalue weighted by atomic mass is 127. The van der Waals surface area contributed by atoms with Gasteiger partial charge in [-0.3, -0.25) is 0 Å². The van der Waals surface area contributed by atoms with Crippen molar-refractivity contribution in [2.45, 2.75) is 20.4 Å². The van der Waals surface area contributed by atoms with Gasteiger partial charge in [-0.1, -0.05) is 22.8 Å². The van der Waals surface area contributed by atoms with Gasteiger partial charge in [0.05, 0.1) is 0 Å². The Hall–Kier alpha value is -2.13. The first-order valence-corrected chi connectivity index (χ1v) is 8.12. The number of nitrogens with one attached hydrogen (secondary N) is 1. The normalized spacial score (nSPS) is 11.1. The Morgan fingerprint density at radius 2 is 1.88 bits per heavy atom. The number of nitrogens with zero attached hydrogens (tertiary/aromatic N) is 3. The number of nitrogens with two attached hydrogens (primary N) is 1. The van der Waals surface area contributed by atoms with Crippen LogP contribution in [-0.2, 0) is 6.54 Å². The van der Waals surface area contributed by atoms with E-state index >= 15 is 0 Å². The predicted molar refractivity (Wildman–Crippen MR) is 115 cm³/mol. The smallest absolute Gasteiger partial charge is 0.248 e. The van der Waals surface area contributed by atoms with Crippen LogP contribution in [0.15, 0.2) is 52.0 Å². The van der Waals surface area contributed by atoms with E-state index in [1.165, 1.54) is 11.1 Å². The second-order valence-corrected chi connectivity index (χ2v) is 6.08. The molecule has 0 bridgehead atoms. The number of guanidine groups is 1. The van der Waals surface area contributed by atoms with E-state index in [2.05, 4.69) is 27.4 Å². The SMILES string of the molecule is Cc1ccc(NC(N)=NCc2nc(-c3ccc(Cl)cc3)no2)cc1C.I. The molecule has 0 spiro atoms. The molecule has 0 unspecified atom stereocenters. The molecule has 0 radical (unpaired) electrons. The van der Waals surface area contributed by atoms with Gasteiger partial charge in [-0.05, 0) is 61.4 Å². The standard InChI is InChI=1S/C18H18ClN5O.HI/c1-11-3-8-15(9-12(11)2)22-18(20)21-10-16-23-17(24-25-16)13-4-6-14(19)7-5-13;/h3-9H,10H2,1-2H3,(H3,20,21,22);1H. The van der Waals surface area contributed by atoms with Crippen LogP contribution in [0.5, 0.6) is 0 Å². The van der Waals surface area contributed by atoms with Crippen LogP contribution in [0.4, 0.5) is 5.69 Å². The van der Waals surface area contributed by atoms with Crippen LogP contribution in [0.2, 0.25) is 5.02 Å². The number of aliphatic imine (C=N–C) groups is 1. The van der Waals surface area contributed by atoms with Gasteiger partial charge in [-0.2, -0.15) is 4.98 Å². The molecule has 0 amide bonds. The van der Waals surface area contributed by atoms with Crippen molar-refractivity contribution in [2.24, 2.45) is 10.7 Å². The number of hydrogen-bond acceptors (Lipinski definition) is 4. The fraction of sp³-hybridized carbons (Fsp3) is 0.167. The molecule has 0 saturated heterocycles. The van der Waals surface area contributed by atoms with Crippen LogP contribution >= 0.6 is 35.6 Å². The molecular weight excluding hydrogens is 465 g/mol. The Kier molecular flexibility index (Phi) is 6.98. The third-order valence-corrected chi connectivity index (χ3v) is 3.99. The Morgan fingerprint density at radius 3 is 2.58 bits per heavy atom. The number of aromatic nitrogens is 2. The second kappa shape index (κ2) is 9.00. The summed E-state index contributed by atoms with van der Waals surface area (Å²) in [6.45, 7) is 4.30. The zero-order chi connectivity index (χ0) is 17.8. The van der Waals surface area contributed by atoms with E-state index in [-0.39, 0.29) is 36.5 Å². The summed E-state index contributed by atoms with van der Waals surface area (Å²) in [5.41, 5.74) is 10.0. The molecule has 136 valence electrons. The molecule has 2 aromatic carbocycles. The van der Waals surface area contributed by atoms with E-state index in [1.54, 1.807) is 12.1 Å². The molecule has 26 heavy (non-hydrogen) atoms. The lowest BCUT2D eigenvalue weighted by molar-refractivity contribution is 0.381. The van der Waals surface area contributed by atoms with Crippen LogP contribution < -0.4 is 11.1 Å². The van der Waals surface area contributed by atoms with E-state index < -0.39 is 0 Å². The van der Waals surface area contributed by atoms with Crippen LogP contribution in [0.3, 0.4) is 0 Å². The van der Waals surface area contributed by atoms with Gasteiger partial charge in [0.1, 0.15) is 6.54 Å². The quantitative estimate of drug-likeness (QED) is 0.323. The molecule has 6 nitrogen and oxygen atoms in total. The van der Waals surface area contributed by atoms with Crippen LogP contribution in [0, 0.1) is 13.8 Å². The lowest BCUT2D eigenvalue weighted by Gasteiger charge is -2.07. The van der Waals surface area contributed by atoms with Crippen LogP contribution in [0.1, 0.15) is 17.0 Å². The van der Waals surface area contributed by atoms with E-state index in [4.69, 9.17) is 21.9 Å². The van der Waals surface area contributed by atoms with Crippen molar-refractivity contribution < 1.29 is 4.52 Å². The molecule has 1 aromatic heterocycles. The molecule has 3 rings (SSSR count). The number of benzene rings is 2. The largest absolute Gasteiger partial charge is 0.370 e. The van der Waals surface area contributed by atoms with Gasteiger partial charge in [-0.25, -0.2) is 4.99 Å². The topological polar surface area (TPSA) is 89.3 Å². The zero-order valence-corrected chi connectivity index (χ0v) is 17.4. The molecular formula is C18H19ClIN5O. The number of aryl methyl sites for hydroxylation is 2. The van der Waals surface area contributed by atoms with Crippen molar-refractivity contribution in [3.05, 3.63) is 64.5 Å². The Balaban J connectivity index is 0.00000243. The summed E-state index contributed by atoms with van der Waals surface area (Å²) in [6, 6.07) is 13.2. The molecule has 0 fully saturated rings. The first-order valence-electron chi connectivity index (χ1n) is 7.74. The Bertz CT molecular complexity index is 908. The zero-order valence-electron chi connectivity index (χ0n) is 14.4. The van der Waals surface area contributed by atoms with Crippen molar-refractivity contribution in [1.29, 1.82) is 0 Å². The number of hydrogen-bond donors (Lipinski definition) is 2. The van der Waals surface area contributed by atoms with Crippen molar-refractivity contribution >= 4 is 47.2 Å². The Labute approximate surface area is 173 Å². The summed E-state index contributed by atoms with van der Waals surface area (Å²) >= 11 is 5.87. The van der Waals surface area contributed by atoms with Gasteiger partial charge in [-0.15, -0.1) is 24.0 Å². The Morgan fingerprint density at radius 1 is 1.15 bits per heavy atom. The molecule has 0 atom stereocenters. The van der Waals surface area contributed by atoms with Gasteiger partial charge in [0, 0.05) is 16.3 Å². The van der Waals surface area contributed by atoms with E-state index in [0.717, 1.165) is 11.3 Å². The molecule has 3 N–H and O–H groups in total. The minimum atomic E-state index is 0. The van der Waals surface area contributed by atoms with E-state index in [9.17, 15) is 0 Å². The summed E-state index contributed by atoms with van der Waals surface area (Å²) in [5.74, 6) is 1.16. The average Bonchev–Trinajstić information content (AvgIpc) is 3.06. The molecule has 1 heterocycles. The van der Waals surface area contributed by atoms with Gasteiger partial charge in [0.2, 0.25) is 11.7 Å². The maximum Gasteiger partial charge on any atom is 0.248 e. The molecule has 3 aromatic rings. The third-order valence-electron chi connectivity index (χ3n) is 3.73. The lowest BCUT2D eigenvalue weighted by atomic mass is 10.1. The fourth-order valence-electron chi connectivity index (χ4n) is 2.19. The third kappa shape index (κ3) is 5.18. The van der Waals surface area contributed by atoms with Crippen molar-refractivity contribution in [2.75, 3.05) is 5.32 Å². The average molecular weight is 484 g/mol. The van der Waals surface area contributed by atoms with Crippen molar-refractivity contribution in [3.63, 3.8) is 0 Å². The van der Waals surface area contributed by atoms with Gasteiger partial charge < -0.3 is 15.6 Å². The molecule has 0 saturated carbocycles. The first-order chi connectivity index (χ1) is 12.0. The highest BCUT2D eigenvalue weighted by Crippen LogP contribution is 2.19. The lowest BCUT2D eigenvalue weighted by Crippen LogP contribution is -2.22. The minimum Gasteiger partial charge on any atom is -0.370 e. The number of rotatable bonds is 4. The second-order valence-electron chi connectivity index (χ2n) is 5.64. The maximum atomic E-state index is 5.91. The number of halogens is 2. The maximum absolute atomic E-state index is 5.91. The summed E-state index contributed by atoms with van der Waals surface area (Å²) in [4.78, 5) is 8.53. The molecule has 8 heteroatoms. The van der Waals surface area contributed by atoms with Crippen LogP contribution in [0.25, 0.3) is 11.4 Å². The monoisotopic (exact) mass is 483 g/mol. The molecule has 0 aliphatic heterocycles. The highest BCUT2D eigenvalue weighted by molar-refractivity contribution is 14.0. The van der Waals surface area contributed by atoms with E-state index in [0.29, 0.717) is 16.7 Å². The van der Waals surface area contributed by atoms with Crippen molar-refractivity contribution in [3.8, 4) is 11.4 Å². The summed E-state index contributed by atoms with van der Waals surface area (Å²) in [6.07, 6.45) is 0. The summed E-state index contributed by atoms with van der Waals surface area (Å²) < 4.78 is 5.20. The first kappa shape index (κ1) is 20.2. The van der Waals surface area contributed by atoms with Crippen LogP contribution in [-0.4, -0.2) is 16.1 Å².